The highest BCUT2D eigenvalue weighted by Crippen LogP contribution is 2.42. The molecular formula is C46H29N. The molecule has 0 amide bonds. The highest BCUT2D eigenvalue weighted by atomic mass is 15.0. The second-order valence-corrected chi connectivity index (χ2v) is 12.5. The van der Waals surface area contributed by atoms with E-state index in [9.17, 15) is 0 Å². The minimum Gasteiger partial charge on any atom is -0.309 e. The Bertz CT molecular complexity index is 2790. The van der Waals surface area contributed by atoms with E-state index in [0.717, 1.165) is 0 Å². The van der Waals surface area contributed by atoms with Crippen LogP contribution >= 0.6 is 0 Å². The predicted molar refractivity (Wildman–Crippen MR) is 202 cm³/mol. The van der Waals surface area contributed by atoms with E-state index in [0.29, 0.717) is 0 Å². The lowest BCUT2D eigenvalue weighted by molar-refractivity contribution is 1.19. The van der Waals surface area contributed by atoms with Crippen molar-refractivity contribution in [1.29, 1.82) is 0 Å². The van der Waals surface area contributed by atoms with Gasteiger partial charge in [0.1, 0.15) is 0 Å². The van der Waals surface area contributed by atoms with Gasteiger partial charge < -0.3 is 4.57 Å². The average molecular weight is 596 g/mol. The van der Waals surface area contributed by atoms with E-state index in [4.69, 9.17) is 0 Å². The van der Waals surface area contributed by atoms with Gasteiger partial charge in [0, 0.05) is 21.8 Å². The number of hydrogen-bond donors (Lipinski definition) is 0. The third-order valence-corrected chi connectivity index (χ3v) is 9.96. The first kappa shape index (κ1) is 26.1. The second-order valence-electron chi connectivity index (χ2n) is 12.5. The van der Waals surface area contributed by atoms with Crippen LogP contribution in [0.15, 0.2) is 176 Å². The lowest BCUT2D eigenvalue weighted by Gasteiger charge is -2.14. The number of fused-ring (bicyclic) bond motifs is 11. The number of nitrogens with zero attached hydrogens (tertiary/aromatic N) is 1. The van der Waals surface area contributed by atoms with Crippen LogP contribution in [0.4, 0.5) is 0 Å². The largest absolute Gasteiger partial charge is 0.309 e. The van der Waals surface area contributed by atoms with Crippen molar-refractivity contribution in [2.24, 2.45) is 0 Å². The molecule has 0 aliphatic carbocycles. The normalized spacial score (nSPS) is 11.8. The first-order valence-electron chi connectivity index (χ1n) is 16.3. The van der Waals surface area contributed by atoms with Crippen LogP contribution in [0.5, 0.6) is 0 Å². The quantitative estimate of drug-likeness (QED) is 0.179. The molecule has 0 unspecified atom stereocenters. The smallest absolute Gasteiger partial charge is 0.0619 e. The molecule has 0 aliphatic heterocycles. The second kappa shape index (κ2) is 10.2. The highest BCUT2D eigenvalue weighted by molar-refractivity contribution is 6.26. The summed E-state index contributed by atoms with van der Waals surface area (Å²) in [4.78, 5) is 0. The first-order chi connectivity index (χ1) is 23.3. The van der Waals surface area contributed by atoms with E-state index in [1.54, 1.807) is 0 Å². The van der Waals surface area contributed by atoms with Gasteiger partial charge >= 0.3 is 0 Å². The van der Waals surface area contributed by atoms with Gasteiger partial charge in [0.25, 0.3) is 0 Å². The predicted octanol–water partition coefficient (Wildman–Crippen LogP) is 12.7. The fraction of sp³-hybridized carbons (Fsp3) is 0. The zero-order valence-electron chi connectivity index (χ0n) is 25.7. The van der Waals surface area contributed by atoms with Crippen LogP contribution in [0.25, 0.3) is 92.8 Å². The van der Waals surface area contributed by atoms with Crippen molar-refractivity contribution in [2.75, 3.05) is 0 Å². The maximum absolute atomic E-state index is 2.42. The summed E-state index contributed by atoms with van der Waals surface area (Å²) in [5, 5.41) is 12.9. The molecule has 10 aromatic rings. The van der Waals surface area contributed by atoms with Crippen molar-refractivity contribution >= 4 is 64.9 Å². The molecule has 0 bridgehead atoms. The summed E-state index contributed by atoms with van der Waals surface area (Å²) < 4.78 is 2.42. The Kier molecular flexibility index (Phi) is 5.64. The van der Waals surface area contributed by atoms with E-state index in [-0.39, 0.29) is 0 Å². The molecule has 1 heteroatoms. The molecule has 1 nitrogen and oxygen atoms in total. The summed E-state index contributed by atoms with van der Waals surface area (Å²) in [5.74, 6) is 0. The van der Waals surface area contributed by atoms with Gasteiger partial charge in [-0.3, -0.25) is 0 Å². The Labute approximate surface area is 272 Å². The van der Waals surface area contributed by atoms with Crippen molar-refractivity contribution in [3.8, 4) is 27.9 Å². The summed E-state index contributed by atoms with van der Waals surface area (Å²) in [6, 6.07) is 64.4. The van der Waals surface area contributed by atoms with Crippen molar-refractivity contribution < 1.29 is 0 Å². The average Bonchev–Trinajstić information content (AvgIpc) is 3.49. The molecule has 218 valence electrons. The maximum Gasteiger partial charge on any atom is 0.0619 e. The molecule has 0 spiro atoms. The summed E-state index contributed by atoms with van der Waals surface area (Å²) in [6.07, 6.45) is 0. The third kappa shape index (κ3) is 3.90. The van der Waals surface area contributed by atoms with Gasteiger partial charge in [-0.15, -0.1) is 0 Å². The zero-order chi connectivity index (χ0) is 30.9. The van der Waals surface area contributed by atoms with Gasteiger partial charge in [0.15, 0.2) is 0 Å². The fourth-order valence-electron chi connectivity index (χ4n) is 7.84. The lowest BCUT2D eigenvalue weighted by Crippen LogP contribution is -1.94. The molecule has 1 aromatic heterocycles. The highest BCUT2D eigenvalue weighted by Gasteiger charge is 2.18. The number of para-hydroxylation sites is 2. The molecule has 0 radical (unpaired) electrons. The topological polar surface area (TPSA) is 4.93 Å². The van der Waals surface area contributed by atoms with Crippen LogP contribution in [0.1, 0.15) is 0 Å². The van der Waals surface area contributed by atoms with Crippen molar-refractivity contribution in [3.05, 3.63) is 176 Å². The fourth-order valence-corrected chi connectivity index (χ4v) is 7.84. The van der Waals surface area contributed by atoms with E-state index in [1.165, 1.54) is 92.8 Å². The Morgan fingerprint density at radius 3 is 1.45 bits per heavy atom. The van der Waals surface area contributed by atoms with Gasteiger partial charge in [0.2, 0.25) is 0 Å². The van der Waals surface area contributed by atoms with Gasteiger partial charge in [-0.05, 0) is 90.3 Å². The molecule has 1 heterocycles. The maximum atomic E-state index is 2.42. The zero-order valence-corrected chi connectivity index (χ0v) is 25.7. The summed E-state index contributed by atoms with van der Waals surface area (Å²) in [5.41, 5.74) is 8.59. The van der Waals surface area contributed by atoms with Gasteiger partial charge in [-0.1, -0.05) is 146 Å². The standard InChI is InChI=1S/C46H29N/c1-2-12-33(13-3-1)47-45-21-11-10-19-40(45)44-29-42(38-18-8-9-20-41(38)46(44)47)31-24-22-30(23-25-31)32-26-27-39-36-16-5-4-14-34(36)35-15-6-7-17-37(35)43(39)28-32/h1-29H. The number of hydrogen-bond acceptors (Lipinski definition) is 0. The minimum absolute atomic E-state index is 1.18. The van der Waals surface area contributed by atoms with E-state index in [1.807, 2.05) is 0 Å². The van der Waals surface area contributed by atoms with Crippen LogP contribution < -0.4 is 0 Å². The summed E-state index contributed by atoms with van der Waals surface area (Å²) >= 11 is 0. The Morgan fingerprint density at radius 1 is 0.277 bits per heavy atom. The number of aromatic nitrogens is 1. The molecule has 0 fully saturated rings. The number of benzene rings is 9. The van der Waals surface area contributed by atoms with Crippen molar-refractivity contribution in [1.82, 2.24) is 4.57 Å². The van der Waals surface area contributed by atoms with Crippen LogP contribution in [-0.4, -0.2) is 4.57 Å². The molecule has 0 saturated heterocycles. The Balaban J connectivity index is 1.16. The molecule has 0 atom stereocenters. The third-order valence-electron chi connectivity index (χ3n) is 9.96. The van der Waals surface area contributed by atoms with Crippen LogP contribution in [-0.2, 0) is 0 Å². The molecule has 0 N–H and O–H groups in total. The molecule has 0 saturated carbocycles. The van der Waals surface area contributed by atoms with Crippen LogP contribution in [0.2, 0.25) is 0 Å². The van der Waals surface area contributed by atoms with Gasteiger partial charge in [-0.25, -0.2) is 0 Å². The van der Waals surface area contributed by atoms with E-state index < -0.39 is 0 Å². The summed E-state index contributed by atoms with van der Waals surface area (Å²) in [6.45, 7) is 0. The molecule has 10 rings (SSSR count). The minimum atomic E-state index is 1.18. The van der Waals surface area contributed by atoms with Gasteiger partial charge in [0.05, 0.1) is 11.0 Å². The van der Waals surface area contributed by atoms with Crippen molar-refractivity contribution in [2.45, 2.75) is 0 Å². The Morgan fingerprint density at radius 2 is 0.766 bits per heavy atom. The van der Waals surface area contributed by atoms with E-state index in [2.05, 4.69) is 180 Å². The van der Waals surface area contributed by atoms with Gasteiger partial charge in [-0.2, -0.15) is 0 Å². The Hall–Kier alpha value is -6.18. The lowest BCUT2D eigenvalue weighted by atomic mass is 9.91. The molecule has 47 heavy (non-hydrogen) atoms. The van der Waals surface area contributed by atoms with Crippen molar-refractivity contribution in [3.63, 3.8) is 0 Å². The van der Waals surface area contributed by atoms with Crippen LogP contribution in [0.3, 0.4) is 0 Å². The molecule has 9 aromatic carbocycles. The summed E-state index contributed by atoms with van der Waals surface area (Å²) in [7, 11) is 0. The monoisotopic (exact) mass is 595 g/mol. The SMILES string of the molecule is c1ccc(-n2c3ccccc3c3cc(-c4ccc(-c5ccc6c7ccccc7c7ccccc7c6c5)cc4)c4ccccc4c32)cc1. The molecular weight excluding hydrogens is 567 g/mol. The van der Waals surface area contributed by atoms with Crippen LogP contribution in [0, 0.1) is 0 Å². The van der Waals surface area contributed by atoms with E-state index >= 15 is 0 Å². The first-order valence-corrected chi connectivity index (χ1v) is 16.3. The molecule has 0 aliphatic rings. The number of rotatable bonds is 3.